The molecule has 3 heterocycles. The third-order valence-electron chi connectivity index (χ3n) is 2.76. The molecular formula is C13H11FN4S. The molecule has 0 unspecified atom stereocenters. The fraction of sp³-hybridized carbons (Fsp3) is 0.154. The molecule has 0 aliphatic heterocycles. The minimum Gasteiger partial charge on any atom is -0.295 e. The maximum atomic E-state index is 14.1. The number of nitrogens with zero attached hydrogens (tertiary/aromatic N) is 4. The number of pyridine rings is 1. The Morgan fingerprint density at radius 3 is 3.00 bits per heavy atom. The van der Waals surface area contributed by atoms with E-state index >= 15 is 0 Å². The fourth-order valence-corrected chi connectivity index (χ4v) is 2.64. The van der Waals surface area contributed by atoms with Gasteiger partial charge in [-0.05, 0) is 30.3 Å². The highest BCUT2D eigenvalue weighted by molar-refractivity contribution is 7.99. The Morgan fingerprint density at radius 2 is 2.16 bits per heavy atom. The summed E-state index contributed by atoms with van der Waals surface area (Å²) in [6.07, 6.45) is 5.58. The molecule has 96 valence electrons. The summed E-state index contributed by atoms with van der Waals surface area (Å²) >= 11 is 1.21. The normalized spacial score (nSPS) is 11.1. The number of halogens is 1. The van der Waals surface area contributed by atoms with E-state index in [4.69, 9.17) is 0 Å². The van der Waals surface area contributed by atoms with Gasteiger partial charge >= 0.3 is 0 Å². The summed E-state index contributed by atoms with van der Waals surface area (Å²) < 4.78 is 16.0. The highest BCUT2D eigenvalue weighted by Gasteiger charge is 2.13. The van der Waals surface area contributed by atoms with Crippen LogP contribution in [0, 0.1) is 5.82 Å². The van der Waals surface area contributed by atoms with E-state index in [0.717, 1.165) is 5.52 Å². The molecule has 0 fully saturated rings. The third-order valence-corrected chi connectivity index (χ3v) is 3.72. The van der Waals surface area contributed by atoms with Gasteiger partial charge in [-0.25, -0.2) is 19.3 Å². The molecule has 3 aromatic heterocycles. The van der Waals surface area contributed by atoms with Gasteiger partial charge in [0.1, 0.15) is 11.4 Å². The van der Waals surface area contributed by atoms with Crippen LogP contribution in [0.2, 0.25) is 0 Å². The van der Waals surface area contributed by atoms with Gasteiger partial charge in [-0.1, -0.05) is 13.0 Å². The van der Waals surface area contributed by atoms with Gasteiger partial charge in [-0.2, -0.15) is 0 Å². The van der Waals surface area contributed by atoms with Crippen molar-refractivity contribution in [2.75, 3.05) is 0 Å². The van der Waals surface area contributed by atoms with Crippen molar-refractivity contribution in [3.8, 4) is 0 Å². The van der Waals surface area contributed by atoms with Gasteiger partial charge in [-0.15, -0.1) is 0 Å². The average Bonchev–Trinajstić information content (AvgIpc) is 2.85. The Morgan fingerprint density at radius 1 is 1.26 bits per heavy atom. The van der Waals surface area contributed by atoms with Crippen molar-refractivity contribution in [2.24, 2.45) is 0 Å². The standard InChI is InChI=1S/C13H11FN4S/c1-2-10-11(14)12(17-8-16-10)19-13-15-7-9-5-3-4-6-18(9)13/h3-8H,2H2,1H3. The molecule has 4 nitrogen and oxygen atoms in total. The summed E-state index contributed by atoms with van der Waals surface area (Å²) in [6, 6.07) is 5.79. The van der Waals surface area contributed by atoms with Crippen LogP contribution in [-0.4, -0.2) is 19.4 Å². The fourth-order valence-electron chi connectivity index (χ4n) is 1.79. The summed E-state index contributed by atoms with van der Waals surface area (Å²) in [7, 11) is 0. The number of fused-ring (bicyclic) bond motifs is 1. The van der Waals surface area contributed by atoms with Crippen LogP contribution in [0.3, 0.4) is 0 Å². The second kappa shape index (κ2) is 4.97. The zero-order valence-corrected chi connectivity index (χ0v) is 11.1. The summed E-state index contributed by atoms with van der Waals surface area (Å²) in [4.78, 5) is 12.2. The molecule has 3 aromatic rings. The van der Waals surface area contributed by atoms with Crippen molar-refractivity contribution in [3.63, 3.8) is 0 Å². The van der Waals surface area contributed by atoms with E-state index in [0.29, 0.717) is 22.3 Å². The summed E-state index contributed by atoms with van der Waals surface area (Å²) in [6.45, 7) is 1.87. The zero-order chi connectivity index (χ0) is 13.2. The molecule has 0 aromatic carbocycles. The zero-order valence-electron chi connectivity index (χ0n) is 10.2. The molecule has 19 heavy (non-hydrogen) atoms. The highest BCUT2D eigenvalue weighted by Crippen LogP contribution is 2.28. The second-order valence-corrected chi connectivity index (χ2v) is 4.89. The maximum Gasteiger partial charge on any atom is 0.179 e. The first-order chi connectivity index (χ1) is 9.29. The Bertz CT molecular complexity index is 725. The van der Waals surface area contributed by atoms with Crippen molar-refractivity contribution in [1.29, 1.82) is 0 Å². The predicted octanol–water partition coefficient (Wildman–Crippen LogP) is 2.98. The first-order valence-electron chi connectivity index (χ1n) is 5.89. The monoisotopic (exact) mass is 274 g/mol. The van der Waals surface area contributed by atoms with Crippen molar-refractivity contribution in [2.45, 2.75) is 23.5 Å². The van der Waals surface area contributed by atoms with Gasteiger partial charge in [0.05, 0.1) is 17.4 Å². The van der Waals surface area contributed by atoms with Crippen LogP contribution in [0.15, 0.2) is 47.1 Å². The lowest BCUT2D eigenvalue weighted by atomic mass is 10.3. The van der Waals surface area contributed by atoms with Crippen LogP contribution in [0.1, 0.15) is 12.6 Å². The molecule has 0 N–H and O–H groups in total. The number of rotatable bonds is 3. The molecule has 0 radical (unpaired) electrons. The van der Waals surface area contributed by atoms with E-state index in [2.05, 4.69) is 15.0 Å². The first-order valence-corrected chi connectivity index (χ1v) is 6.70. The quantitative estimate of drug-likeness (QED) is 0.689. The smallest absolute Gasteiger partial charge is 0.179 e. The Balaban J connectivity index is 2.02. The lowest BCUT2D eigenvalue weighted by molar-refractivity contribution is 0.559. The topological polar surface area (TPSA) is 43.1 Å². The van der Waals surface area contributed by atoms with Crippen LogP contribution in [0.25, 0.3) is 5.52 Å². The molecule has 0 atom stereocenters. The summed E-state index contributed by atoms with van der Waals surface area (Å²) in [5.74, 6) is -0.359. The Kier molecular flexibility index (Phi) is 3.16. The summed E-state index contributed by atoms with van der Waals surface area (Å²) in [5, 5.41) is 0.999. The van der Waals surface area contributed by atoms with E-state index in [-0.39, 0.29) is 5.82 Å². The maximum absolute atomic E-state index is 14.1. The average molecular weight is 274 g/mol. The summed E-state index contributed by atoms with van der Waals surface area (Å²) in [5.41, 5.74) is 1.40. The van der Waals surface area contributed by atoms with Crippen molar-refractivity contribution in [3.05, 3.63) is 48.4 Å². The molecule has 0 saturated carbocycles. The number of hydrogen-bond donors (Lipinski definition) is 0. The van der Waals surface area contributed by atoms with Gasteiger partial charge in [0, 0.05) is 6.20 Å². The molecule has 0 aliphatic carbocycles. The number of imidazole rings is 1. The second-order valence-electron chi connectivity index (χ2n) is 3.93. The van der Waals surface area contributed by atoms with E-state index in [9.17, 15) is 4.39 Å². The van der Waals surface area contributed by atoms with Gasteiger partial charge in [0.2, 0.25) is 0 Å². The van der Waals surface area contributed by atoms with Crippen LogP contribution in [0.5, 0.6) is 0 Å². The number of aryl methyl sites for hydroxylation is 1. The number of aromatic nitrogens is 4. The van der Waals surface area contributed by atoms with Crippen molar-refractivity contribution >= 4 is 17.3 Å². The highest BCUT2D eigenvalue weighted by atomic mass is 32.2. The third kappa shape index (κ3) is 2.19. The minimum atomic E-state index is -0.359. The van der Waals surface area contributed by atoms with Gasteiger partial charge in [-0.3, -0.25) is 4.40 Å². The Hall–Kier alpha value is -1.95. The van der Waals surface area contributed by atoms with Crippen LogP contribution >= 0.6 is 11.8 Å². The molecule has 0 spiro atoms. The predicted molar refractivity (Wildman–Crippen MR) is 70.7 cm³/mol. The largest absolute Gasteiger partial charge is 0.295 e. The molecule has 0 saturated heterocycles. The van der Waals surface area contributed by atoms with Crippen LogP contribution in [-0.2, 0) is 6.42 Å². The van der Waals surface area contributed by atoms with Crippen molar-refractivity contribution in [1.82, 2.24) is 19.4 Å². The van der Waals surface area contributed by atoms with E-state index in [1.807, 2.05) is 35.7 Å². The lowest BCUT2D eigenvalue weighted by Gasteiger charge is -2.04. The molecule has 0 amide bonds. The van der Waals surface area contributed by atoms with Gasteiger partial charge in [0.25, 0.3) is 0 Å². The lowest BCUT2D eigenvalue weighted by Crippen LogP contribution is -1.98. The number of hydrogen-bond acceptors (Lipinski definition) is 4. The van der Waals surface area contributed by atoms with Crippen LogP contribution < -0.4 is 0 Å². The van der Waals surface area contributed by atoms with E-state index in [1.54, 1.807) is 6.20 Å². The van der Waals surface area contributed by atoms with Crippen LogP contribution in [0.4, 0.5) is 4.39 Å². The minimum absolute atomic E-state index is 0.309. The van der Waals surface area contributed by atoms with Gasteiger partial charge < -0.3 is 0 Å². The molecule has 6 heteroatoms. The molecular weight excluding hydrogens is 263 g/mol. The SMILES string of the molecule is CCc1ncnc(Sc2ncc3ccccn23)c1F. The van der Waals surface area contributed by atoms with E-state index < -0.39 is 0 Å². The van der Waals surface area contributed by atoms with Crippen molar-refractivity contribution < 1.29 is 4.39 Å². The van der Waals surface area contributed by atoms with Gasteiger partial charge in [0.15, 0.2) is 11.0 Å². The first kappa shape index (κ1) is 12.1. The van der Waals surface area contributed by atoms with E-state index in [1.165, 1.54) is 18.1 Å². The molecule has 0 aliphatic rings. The molecule has 3 rings (SSSR count). The molecule has 0 bridgehead atoms. The Labute approximate surface area is 113 Å².